The first kappa shape index (κ1) is 13.8. The van der Waals surface area contributed by atoms with Crippen LogP contribution in [0.15, 0.2) is 0 Å². The van der Waals surface area contributed by atoms with Crippen LogP contribution in [0.25, 0.3) is 0 Å². The minimum atomic E-state index is -0.150. The summed E-state index contributed by atoms with van der Waals surface area (Å²) in [5.41, 5.74) is -0.150. The lowest BCUT2D eigenvalue weighted by Crippen LogP contribution is -2.48. The highest BCUT2D eigenvalue weighted by molar-refractivity contribution is 5.82. The van der Waals surface area contributed by atoms with Gasteiger partial charge in [0.2, 0.25) is 5.91 Å². The molecular weight excluding hydrogens is 228 g/mol. The largest absolute Gasteiger partial charge is 0.393 e. The van der Waals surface area contributed by atoms with Crippen molar-refractivity contribution in [1.82, 2.24) is 10.6 Å². The van der Waals surface area contributed by atoms with Gasteiger partial charge in [-0.05, 0) is 57.5 Å². The van der Waals surface area contributed by atoms with Gasteiger partial charge in [0.05, 0.1) is 11.5 Å². The van der Waals surface area contributed by atoms with Crippen LogP contribution in [-0.2, 0) is 4.79 Å². The van der Waals surface area contributed by atoms with Crippen LogP contribution in [-0.4, -0.2) is 36.8 Å². The van der Waals surface area contributed by atoms with Gasteiger partial charge in [0.25, 0.3) is 0 Å². The third kappa shape index (κ3) is 3.04. The zero-order valence-electron chi connectivity index (χ0n) is 11.4. The summed E-state index contributed by atoms with van der Waals surface area (Å²) >= 11 is 0. The molecule has 0 bridgehead atoms. The normalized spacial score (nSPS) is 31.2. The molecule has 1 aliphatic carbocycles. The minimum Gasteiger partial charge on any atom is -0.393 e. The second-order valence-corrected chi connectivity index (χ2v) is 5.93. The van der Waals surface area contributed by atoms with E-state index in [2.05, 4.69) is 17.6 Å². The summed E-state index contributed by atoms with van der Waals surface area (Å²) in [5.74, 6) is 0.701. The zero-order valence-corrected chi connectivity index (χ0v) is 11.4. The van der Waals surface area contributed by atoms with E-state index >= 15 is 0 Å². The van der Waals surface area contributed by atoms with E-state index < -0.39 is 0 Å². The van der Waals surface area contributed by atoms with Gasteiger partial charge in [0.1, 0.15) is 0 Å². The highest BCUT2D eigenvalue weighted by Crippen LogP contribution is 2.33. The molecular formula is C14H26N2O2. The average molecular weight is 254 g/mol. The second kappa shape index (κ2) is 6.02. The fraction of sp³-hybridized carbons (Fsp3) is 0.929. The first-order chi connectivity index (χ1) is 8.66. The third-order valence-corrected chi connectivity index (χ3v) is 4.78. The Morgan fingerprint density at radius 3 is 2.67 bits per heavy atom. The number of carbonyl (C=O) groups excluding carboxylic acids is 1. The molecule has 1 saturated carbocycles. The Morgan fingerprint density at radius 2 is 2.11 bits per heavy atom. The van der Waals surface area contributed by atoms with Crippen LogP contribution < -0.4 is 10.6 Å². The Morgan fingerprint density at radius 1 is 1.39 bits per heavy atom. The van der Waals surface area contributed by atoms with Crippen molar-refractivity contribution in [2.75, 3.05) is 19.6 Å². The van der Waals surface area contributed by atoms with E-state index in [1.54, 1.807) is 0 Å². The molecule has 18 heavy (non-hydrogen) atoms. The van der Waals surface area contributed by atoms with Crippen LogP contribution in [0.5, 0.6) is 0 Å². The molecule has 2 aliphatic rings. The molecule has 1 amide bonds. The van der Waals surface area contributed by atoms with Gasteiger partial charge >= 0.3 is 0 Å². The van der Waals surface area contributed by atoms with Crippen molar-refractivity contribution < 1.29 is 9.90 Å². The summed E-state index contributed by atoms with van der Waals surface area (Å²) in [4.78, 5) is 12.4. The summed E-state index contributed by atoms with van der Waals surface area (Å²) in [5, 5.41) is 15.9. The van der Waals surface area contributed by atoms with Crippen LogP contribution in [0.1, 0.15) is 45.4 Å². The fourth-order valence-corrected chi connectivity index (χ4v) is 3.30. The van der Waals surface area contributed by atoms with Gasteiger partial charge < -0.3 is 15.7 Å². The third-order valence-electron chi connectivity index (χ3n) is 4.78. The van der Waals surface area contributed by atoms with E-state index in [1.165, 1.54) is 0 Å². The summed E-state index contributed by atoms with van der Waals surface area (Å²) in [6.07, 6.45) is 5.46. The fourth-order valence-electron chi connectivity index (χ4n) is 3.30. The molecule has 0 spiro atoms. The maximum atomic E-state index is 12.4. The topological polar surface area (TPSA) is 61.4 Å². The molecule has 4 heteroatoms. The lowest BCUT2D eigenvalue weighted by atomic mass is 9.76. The Bertz CT molecular complexity index is 288. The van der Waals surface area contributed by atoms with Crippen molar-refractivity contribution >= 4 is 5.91 Å². The molecule has 1 saturated heterocycles. The number of aliphatic hydroxyl groups is 1. The Balaban J connectivity index is 1.82. The number of hydrogen-bond donors (Lipinski definition) is 3. The first-order valence-corrected chi connectivity index (χ1v) is 7.33. The van der Waals surface area contributed by atoms with E-state index in [0.717, 1.165) is 58.2 Å². The van der Waals surface area contributed by atoms with E-state index in [4.69, 9.17) is 0 Å². The van der Waals surface area contributed by atoms with Gasteiger partial charge in [-0.3, -0.25) is 4.79 Å². The molecule has 0 aromatic rings. The summed E-state index contributed by atoms with van der Waals surface area (Å²) < 4.78 is 0. The summed E-state index contributed by atoms with van der Waals surface area (Å²) in [6, 6.07) is 0. The summed E-state index contributed by atoms with van der Waals surface area (Å²) in [6.45, 7) is 4.75. The number of rotatable bonds is 4. The van der Waals surface area contributed by atoms with Gasteiger partial charge in [0, 0.05) is 6.54 Å². The molecule has 2 fully saturated rings. The zero-order chi connectivity index (χ0) is 13.0. The van der Waals surface area contributed by atoms with Crippen LogP contribution in [0.2, 0.25) is 0 Å². The molecule has 2 unspecified atom stereocenters. The lowest BCUT2D eigenvalue weighted by molar-refractivity contribution is -0.133. The van der Waals surface area contributed by atoms with E-state index in [9.17, 15) is 9.90 Å². The average Bonchev–Trinajstić information content (AvgIpc) is 2.82. The van der Waals surface area contributed by atoms with Crippen LogP contribution >= 0.6 is 0 Å². The Hall–Kier alpha value is -0.610. The Labute approximate surface area is 110 Å². The predicted molar refractivity (Wildman–Crippen MR) is 71.2 cm³/mol. The van der Waals surface area contributed by atoms with Gasteiger partial charge in [0.15, 0.2) is 0 Å². The number of carbonyl (C=O) groups is 1. The number of piperidine rings is 1. The van der Waals surface area contributed by atoms with Gasteiger partial charge in [-0.1, -0.05) is 6.92 Å². The maximum absolute atomic E-state index is 12.4. The monoisotopic (exact) mass is 254 g/mol. The highest BCUT2D eigenvalue weighted by atomic mass is 16.3. The molecule has 0 aromatic carbocycles. The molecule has 2 rings (SSSR count). The SMILES string of the molecule is CCC1(C(=O)NCC2CCC(O)C2)CCNCC1. The lowest BCUT2D eigenvalue weighted by Gasteiger charge is -2.35. The van der Waals surface area contributed by atoms with Crippen LogP contribution in [0.4, 0.5) is 0 Å². The molecule has 0 radical (unpaired) electrons. The van der Waals surface area contributed by atoms with Gasteiger partial charge in [-0.15, -0.1) is 0 Å². The molecule has 0 aromatic heterocycles. The molecule has 2 atom stereocenters. The highest BCUT2D eigenvalue weighted by Gasteiger charge is 2.37. The van der Waals surface area contributed by atoms with Crippen molar-refractivity contribution in [1.29, 1.82) is 0 Å². The van der Waals surface area contributed by atoms with Crippen molar-refractivity contribution in [2.24, 2.45) is 11.3 Å². The van der Waals surface area contributed by atoms with Crippen molar-refractivity contribution in [3.63, 3.8) is 0 Å². The molecule has 1 aliphatic heterocycles. The molecule has 3 N–H and O–H groups in total. The smallest absolute Gasteiger partial charge is 0.226 e. The van der Waals surface area contributed by atoms with Crippen molar-refractivity contribution in [3.8, 4) is 0 Å². The summed E-state index contributed by atoms with van der Waals surface area (Å²) in [7, 11) is 0. The molecule has 1 heterocycles. The quantitative estimate of drug-likeness (QED) is 0.702. The maximum Gasteiger partial charge on any atom is 0.226 e. The molecule has 104 valence electrons. The number of aliphatic hydroxyl groups excluding tert-OH is 1. The van der Waals surface area contributed by atoms with Crippen LogP contribution in [0.3, 0.4) is 0 Å². The minimum absolute atomic E-state index is 0.147. The van der Waals surface area contributed by atoms with Crippen molar-refractivity contribution in [3.05, 3.63) is 0 Å². The predicted octanol–water partition coefficient (Wildman–Crippen LogP) is 1.04. The molecule has 4 nitrogen and oxygen atoms in total. The first-order valence-electron chi connectivity index (χ1n) is 7.33. The second-order valence-electron chi connectivity index (χ2n) is 5.93. The number of hydrogen-bond acceptors (Lipinski definition) is 3. The number of nitrogens with one attached hydrogen (secondary N) is 2. The van der Waals surface area contributed by atoms with Crippen molar-refractivity contribution in [2.45, 2.75) is 51.6 Å². The van der Waals surface area contributed by atoms with Gasteiger partial charge in [-0.25, -0.2) is 0 Å². The van der Waals surface area contributed by atoms with E-state index in [-0.39, 0.29) is 17.4 Å². The van der Waals surface area contributed by atoms with Gasteiger partial charge in [-0.2, -0.15) is 0 Å². The standard InChI is InChI=1S/C14H26N2O2/c1-2-14(5-7-15-8-6-14)13(18)16-10-11-3-4-12(17)9-11/h11-12,15,17H,2-10H2,1H3,(H,16,18). The van der Waals surface area contributed by atoms with E-state index in [0.29, 0.717) is 5.92 Å². The van der Waals surface area contributed by atoms with Crippen LogP contribution in [0, 0.1) is 11.3 Å². The Kier molecular flexibility index (Phi) is 4.62. The number of amides is 1. The van der Waals surface area contributed by atoms with E-state index in [1.807, 2.05) is 0 Å².